The molecule has 2 saturated carbocycles. The van der Waals surface area contributed by atoms with Crippen LogP contribution in [0.4, 0.5) is 9.59 Å². The van der Waals surface area contributed by atoms with Gasteiger partial charge in [-0.1, -0.05) is 100 Å². The molecule has 2 bridgehead atoms. The summed E-state index contributed by atoms with van der Waals surface area (Å²) < 4.78 is 36.8. The molecule has 23 nitrogen and oxygen atoms in total. The number of unbranched alkanes of at least 4 members (excludes halogenated alkanes) is 3. The van der Waals surface area contributed by atoms with Gasteiger partial charge in [-0.25, -0.2) is 19.2 Å². The van der Waals surface area contributed by atoms with Crippen LogP contribution in [0.15, 0.2) is 102 Å². The molecule has 3 aromatic carbocycles. The molecule has 458 valence electrons. The van der Waals surface area contributed by atoms with E-state index in [1.165, 1.54) is 44.7 Å². The number of ketones is 1. The highest BCUT2D eigenvalue weighted by Crippen LogP contribution is 2.64. The van der Waals surface area contributed by atoms with Crippen LogP contribution in [0, 0.1) is 22.7 Å². The number of imide groups is 1. The lowest BCUT2D eigenvalue weighted by Crippen LogP contribution is -2.82. The van der Waals surface area contributed by atoms with Crippen LogP contribution in [0.5, 0.6) is 0 Å². The average molecular weight is 1180 g/mol. The molecule has 3 aliphatic heterocycles. The van der Waals surface area contributed by atoms with Gasteiger partial charge in [-0.05, 0) is 67.7 Å². The van der Waals surface area contributed by atoms with Crippen molar-refractivity contribution in [1.29, 1.82) is 0 Å². The lowest BCUT2D eigenvalue weighted by molar-refractivity contribution is -0.345. The number of fused-ring (bicyclic) bond motifs is 5. The number of carbonyl (C=O) groups excluding carboxylic acids is 8. The Balaban J connectivity index is 1.02. The Morgan fingerprint density at radius 2 is 1.47 bits per heavy atom. The molecular formula is C62H76N4O19. The number of aliphatic hydroxyl groups is 5. The van der Waals surface area contributed by atoms with Crippen LogP contribution < -0.4 is 10.6 Å². The van der Waals surface area contributed by atoms with Gasteiger partial charge in [0.1, 0.15) is 36.2 Å². The molecule has 6 aliphatic rings. The number of nitrogens with one attached hydrogen (secondary N) is 2. The van der Waals surface area contributed by atoms with Gasteiger partial charge in [-0.2, -0.15) is 0 Å². The summed E-state index contributed by atoms with van der Waals surface area (Å²) in [5.41, 5.74) is -7.79. The third-order valence-corrected chi connectivity index (χ3v) is 18.4. The Labute approximate surface area is 491 Å². The molecular weight excluding hydrogens is 1100 g/mol. The molecule has 0 spiro atoms. The van der Waals surface area contributed by atoms with Gasteiger partial charge >= 0.3 is 30.0 Å². The predicted octanol–water partition coefficient (Wildman–Crippen LogP) is 3.83. The van der Waals surface area contributed by atoms with Crippen molar-refractivity contribution in [3.63, 3.8) is 0 Å². The monoisotopic (exact) mass is 1180 g/mol. The number of alkyl carbamates (subject to hydrolysis) is 1. The fourth-order valence-corrected chi connectivity index (χ4v) is 13.6. The first kappa shape index (κ1) is 62.4. The number of urea groups is 1. The van der Waals surface area contributed by atoms with Crippen molar-refractivity contribution in [3.05, 3.63) is 119 Å². The van der Waals surface area contributed by atoms with E-state index in [4.69, 9.17) is 28.4 Å². The molecule has 15 atom stereocenters. The maximum Gasteiger partial charge on any atom is 0.408 e. The first-order valence-corrected chi connectivity index (χ1v) is 28.9. The minimum absolute atomic E-state index is 0.000981. The maximum atomic E-state index is 16.2. The smallest absolute Gasteiger partial charge is 0.408 e. The molecule has 3 aromatic rings. The van der Waals surface area contributed by atoms with Gasteiger partial charge in [0, 0.05) is 56.8 Å². The lowest BCUT2D eigenvalue weighted by atomic mass is 9.44. The number of aliphatic hydroxyl groups excluding tert-OH is 4. The van der Waals surface area contributed by atoms with Gasteiger partial charge in [0.2, 0.25) is 5.91 Å². The van der Waals surface area contributed by atoms with Crippen molar-refractivity contribution in [1.82, 2.24) is 20.4 Å². The van der Waals surface area contributed by atoms with Gasteiger partial charge in [0.25, 0.3) is 5.91 Å². The Hall–Kier alpha value is -7.12. The molecule has 0 aromatic heterocycles. The minimum atomic E-state index is -2.51. The summed E-state index contributed by atoms with van der Waals surface area (Å²) in [7, 11) is 0. The van der Waals surface area contributed by atoms with E-state index in [0.717, 1.165) is 11.8 Å². The van der Waals surface area contributed by atoms with E-state index in [2.05, 4.69) is 10.6 Å². The maximum absolute atomic E-state index is 16.2. The highest BCUT2D eigenvalue weighted by atomic mass is 16.6. The molecule has 3 aliphatic carbocycles. The number of amides is 5. The molecule has 3 heterocycles. The van der Waals surface area contributed by atoms with Crippen molar-refractivity contribution in [2.24, 2.45) is 22.7 Å². The number of carbonyl (C=O) groups is 8. The normalized spacial score (nSPS) is 32.1. The summed E-state index contributed by atoms with van der Waals surface area (Å²) in [5, 5.41) is 63.8. The number of Topliss-reactive ketones (excluding diaryl/α,β-unsaturated/α-hetero) is 1. The van der Waals surface area contributed by atoms with E-state index in [-0.39, 0.29) is 67.3 Å². The molecule has 5 fully saturated rings. The van der Waals surface area contributed by atoms with Gasteiger partial charge in [0.05, 0.1) is 54.3 Å². The molecule has 5 amide bonds. The largest absolute Gasteiger partial charge is 0.456 e. The zero-order valence-electron chi connectivity index (χ0n) is 48.4. The van der Waals surface area contributed by atoms with Crippen molar-refractivity contribution in [2.75, 3.05) is 32.8 Å². The standard InChI is InChI=1S/C62H76N4O19/c1-34-31-66(45-28-40(69)42(32-67)81-45)58(78)65(54(34)74)27-19-8-7-18-26-63-57(77)83-49-46-35(2)41(82-56(76)48(71)47(37-20-12-9-13-21-37)64-53(73)38-22-14-10-15-23-38)30-62(79,59(46,4)5)52(84-55(75)39-24-16-11-17-25-39)50-60(6,51(49)72)43(70)29-44-61(50,33-80-44)85-36(3)68/h9-17,20-25,34,40-45,47-50,52,67,69-71,79H,7-8,18-19,26-33H2,1-6H3,(H,63,77)(H,64,73)/t34?,40?,41-,42-,43-,44+,45-,47-,48+,49+,50-,52-,60?,61-,62+/m0/s1. The number of nitrogens with zero attached hydrogens (tertiary/aromatic N) is 2. The predicted molar refractivity (Wildman–Crippen MR) is 298 cm³/mol. The van der Waals surface area contributed by atoms with Gasteiger partial charge < -0.3 is 64.6 Å². The summed E-state index contributed by atoms with van der Waals surface area (Å²) in [6.07, 6.45) is -13.2. The number of rotatable bonds is 19. The van der Waals surface area contributed by atoms with Crippen LogP contribution in [0.3, 0.4) is 0 Å². The Kier molecular flexibility index (Phi) is 18.4. The van der Waals surface area contributed by atoms with E-state index in [9.17, 15) is 59.1 Å². The molecule has 0 radical (unpaired) electrons. The third kappa shape index (κ3) is 11.7. The molecule has 3 unspecified atom stereocenters. The zero-order chi connectivity index (χ0) is 61.3. The van der Waals surface area contributed by atoms with E-state index < -0.39 is 150 Å². The average Bonchev–Trinajstić information content (AvgIpc) is 0.928. The molecule has 85 heavy (non-hydrogen) atoms. The Morgan fingerprint density at radius 3 is 2.08 bits per heavy atom. The summed E-state index contributed by atoms with van der Waals surface area (Å²) >= 11 is 0. The van der Waals surface area contributed by atoms with Gasteiger partial charge in [-0.3, -0.25) is 29.0 Å². The lowest BCUT2D eigenvalue weighted by Gasteiger charge is -2.67. The quantitative estimate of drug-likeness (QED) is 0.0388. The van der Waals surface area contributed by atoms with E-state index in [0.29, 0.717) is 31.2 Å². The fourth-order valence-electron chi connectivity index (χ4n) is 13.6. The second kappa shape index (κ2) is 25.1. The van der Waals surface area contributed by atoms with E-state index in [1.807, 2.05) is 0 Å². The third-order valence-electron chi connectivity index (χ3n) is 18.4. The topological polar surface area (TPSA) is 324 Å². The first-order valence-electron chi connectivity index (χ1n) is 28.9. The number of ether oxygens (including phenoxy) is 6. The highest BCUT2D eigenvalue weighted by Gasteiger charge is 2.78. The summed E-state index contributed by atoms with van der Waals surface area (Å²) in [6, 6.07) is 22.1. The van der Waals surface area contributed by atoms with Crippen LogP contribution in [-0.2, 0) is 47.6 Å². The molecule has 7 N–H and O–H groups in total. The second-order valence-electron chi connectivity index (χ2n) is 23.9. The van der Waals surface area contributed by atoms with E-state index in [1.54, 1.807) is 85.8 Å². The van der Waals surface area contributed by atoms with Gasteiger partial charge in [0.15, 0.2) is 23.6 Å². The van der Waals surface area contributed by atoms with Crippen LogP contribution >= 0.6 is 0 Å². The number of esters is 3. The molecule has 3 saturated heterocycles. The SMILES string of the molecule is CC(=O)O[C@@]12CO[C@@H]1C[C@H](O)C1(C)C(=O)[C@H](OC(=O)NCCCCCCN3C(=O)C(C)CN([C@@H]4CC(O)[C@H](CO)O4)C3=O)C3=C(C)[C@@H](OC(=O)[C@H](O)[C@@H](NC(=O)c4ccccc4)c4ccccc4)C[C@@](O)([C@@H](OC(=O)c4ccccc4)[C@@H]12)C3(C)C. The second-order valence-corrected chi connectivity index (χ2v) is 23.9. The molecule has 9 rings (SSSR count). The zero-order valence-corrected chi connectivity index (χ0v) is 48.4. The number of hydrogen-bond acceptors (Lipinski definition) is 19. The first-order chi connectivity index (χ1) is 40.4. The van der Waals surface area contributed by atoms with Crippen molar-refractivity contribution >= 4 is 47.6 Å². The van der Waals surface area contributed by atoms with E-state index >= 15 is 4.79 Å². The van der Waals surface area contributed by atoms with Crippen molar-refractivity contribution < 1.29 is 92.3 Å². The Morgan fingerprint density at radius 1 is 0.835 bits per heavy atom. The molecule has 23 heteroatoms. The fraction of sp³-hybridized carbons (Fsp3) is 0.548. The Bertz CT molecular complexity index is 3040. The number of hydrogen-bond donors (Lipinski definition) is 7. The van der Waals surface area contributed by atoms with Crippen LogP contribution in [-0.4, -0.2) is 182 Å². The number of benzene rings is 3. The van der Waals surface area contributed by atoms with Gasteiger partial charge in [-0.15, -0.1) is 0 Å². The van der Waals surface area contributed by atoms with Crippen LogP contribution in [0.2, 0.25) is 0 Å². The highest BCUT2D eigenvalue weighted by molar-refractivity contribution is 5.98. The minimum Gasteiger partial charge on any atom is -0.456 e. The summed E-state index contributed by atoms with van der Waals surface area (Å²) in [6.45, 7) is 8.14. The summed E-state index contributed by atoms with van der Waals surface area (Å²) in [5.74, 6) is -7.22. The summed E-state index contributed by atoms with van der Waals surface area (Å²) in [4.78, 5) is 116. The van der Waals surface area contributed by atoms with Crippen LogP contribution in [0.25, 0.3) is 0 Å². The van der Waals surface area contributed by atoms with Crippen molar-refractivity contribution in [2.45, 2.75) is 159 Å². The van der Waals surface area contributed by atoms with Crippen LogP contribution in [0.1, 0.15) is 119 Å². The van der Waals surface area contributed by atoms with Crippen molar-refractivity contribution in [3.8, 4) is 0 Å².